The topological polar surface area (TPSA) is 70.7 Å². The summed E-state index contributed by atoms with van der Waals surface area (Å²) in [5.74, 6) is 0.730. The Balaban J connectivity index is 1.92. The number of rotatable bonds is 3. The fourth-order valence-corrected chi connectivity index (χ4v) is 2.01. The molecule has 1 aliphatic carbocycles. The molecule has 0 aromatic carbocycles. The maximum absolute atomic E-state index is 11.8. The highest BCUT2D eigenvalue weighted by Crippen LogP contribution is 2.25. The van der Waals surface area contributed by atoms with Gasteiger partial charge in [0.15, 0.2) is 5.82 Å². The van der Waals surface area contributed by atoms with Crippen molar-refractivity contribution in [1.82, 2.24) is 9.78 Å². The van der Waals surface area contributed by atoms with E-state index in [0.29, 0.717) is 5.82 Å². The molecule has 0 bridgehead atoms. The number of amides is 1. The summed E-state index contributed by atoms with van der Waals surface area (Å²) in [6, 6.07) is 3.71. The van der Waals surface area contributed by atoms with Crippen LogP contribution in [0.1, 0.15) is 25.7 Å². The summed E-state index contributed by atoms with van der Waals surface area (Å²) < 4.78 is 1.50. The summed E-state index contributed by atoms with van der Waals surface area (Å²) in [5.41, 5.74) is 0. The van der Waals surface area contributed by atoms with Gasteiger partial charge in [-0.3, -0.25) is 9.48 Å². The van der Waals surface area contributed by atoms with Crippen molar-refractivity contribution >= 4 is 11.7 Å². The average Bonchev–Trinajstić information content (AvgIpc) is 2.89. The summed E-state index contributed by atoms with van der Waals surface area (Å²) in [5, 5.41) is 15.3. The van der Waals surface area contributed by atoms with Gasteiger partial charge in [-0.15, -0.1) is 0 Å². The van der Waals surface area contributed by atoms with E-state index in [0.717, 1.165) is 25.7 Å². The monoisotopic (exact) mass is 218 g/mol. The van der Waals surface area contributed by atoms with Gasteiger partial charge in [0.25, 0.3) is 0 Å². The minimum atomic E-state index is 0.0553. The zero-order valence-electron chi connectivity index (χ0n) is 9.02. The minimum Gasteiger partial charge on any atom is -0.309 e. The van der Waals surface area contributed by atoms with Crippen molar-refractivity contribution in [2.24, 2.45) is 5.92 Å². The first-order valence-corrected chi connectivity index (χ1v) is 5.51. The Morgan fingerprint density at radius 3 is 3.06 bits per heavy atom. The summed E-state index contributed by atoms with van der Waals surface area (Å²) in [6.07, 6.45) is 5.92. The SMILES string of the molecule is N#CCn1ccc(NC(=O)C2CCCC2)n1. The number of nitrogens with one attached hydrogen (secondary N) is 1. The van der Waals surface area contributed by atoms with Crippen molar-refractivity contribution in [2.75, 3.05) is 5.32 Å². The zero-order valence-corrected chi connectivity index (χ0v) is 9.02. The quantitative estimate of drug-likeness (QED) is 0.836. The first kappa shape index (κ1) is 10.7. The lowest BCUT2D eigenvalue weighted by Crippen LogP contribution is -2.20. The zero-order chi connectivity index (χ0) is 11.4. The Labute approximate surface area is 94.1 Å². The van der Waals surface area contributed by atoms with Crippen molar-refractivity contribution in [2.45, 2.75) is 32.2 Å². The molecule has 1 fully saturated rings. The van der Waals surface area contributed by atoms with E-state index in [1.165, 1.54) is 4.68 Å². The van der Waals surface area contributed by atoms with E-state index in [4.69, 9.17) is 5.26 Å². The number of aromatic nitrogens is 2. The lowest BCUT2D eigenvalue weighted by atomic mass is 10.1. The standard InChI is InChI=1S/C11H14N4O/c12-6-8-15-7-5-10(14-15)13-11(16)9-3-1-2-4-9/h5,7,9H,1-4,8H2,(H,13,14,16). The molecular formula is C11H14N4O. The smallest absolute Gasteiger partial charge is 0.228 e. The molecule has 0 spiro atoms. The number of carbonyl (C=O) groups is 1. The third kappa shape index (κ3) is 2.40. The highest BCUT2D eigenvalue weighted by molar-refractivity contribution is 5.91. The van der Waals surface area contributed by atoms with Gasteiger partial charge in [-0.25, -0.2) is 0 Å². The summed E-state index contributed by atoms with van der Waals surface area (Å²) in [4.78, 5) is 11.8. The van der Waals surface area contributed by atoms with Crippen LogP contribution >= 0.6 is 0 Å². The number of nitriles is 1. The molecule has 1 N–H and O–H groups in total. The summed E-state index contributed by atoms with van der Waals surface area (Å²) in [6.45, 7) is 0.208. The van der Waals surface area contributed by atoms with Crippen LogP contribution in [0.15, 0.2) is 12.3 Å². The van der Waals surface area contributed by atoms with Crippen LogP contribution in [0.4, 0.5) is 5.82 Å². The molecule has 0 aliphatic heterocycles. The van der Waals surface area contributed by atoms with Gasteiger partial charge in [-0.2, -0.15) is 10.4 Å². The highest BCUT2D eigenvalue weighted by atomic mass is 16.2. The maximum Gasteiger partial charge on any atom is 0.228 e. The molecule has 1 heterocycles. The van der Waals surface area contributed by atoms with Gasteiger partial charge in [-0.05, 0) is 12.8 Å². The predicted octanol–water partition coefficient (Wildman–Crippen LogP) is 1.54. The van der Waals surface area contributed by atoms with Gasteiger partial charge in [0.2, 0.25) is 5.91 Å². The van der Waals surface area contributed by atoms with E-state index < -0.39 is 0 Å². The third-order valence-electron chi connectivity index (χ3n) is 2.85. The second-order valence-electron chi connectivity index (χ2n) is 4.03. The van der Waals surface area contributed by atoms with Crippen molar-refractivity contribution in [1.29, 1.82) is 5.26 Å². The molecule has 1 aromatic heterocycles. The lowest BCUT2D eigenvalue weighted by Gasteiger charge is -2.07. The molecule has 2 rings (SSSR count). The van der Waals surface area contributed by atoms with E-state index in [1.54, 1.807) is 12.3 Å². The summed E-state index contributed by atoms with van der Waals surface area (Å²) >= 11 is 0. The molecule has 1 saturated carbocycles. The highest BCUT2D eigenvalue weighted by Gasteiger charge is 2.22. The first-order chi connectivity index (χ1) is 7.79. The second kappa shape index (κ2) is 4.79. The van der Waals surface area contributed by atoms with Gasteiger partial charge in [0.05, 0.1) is 6.07 Å². The molecule has 84 valence electrons. The predicted molar refractivity (Wildman–Crippen MR) is 58.4 cm³/mol. The van der Waals surface area contributed by atoms with E-state index in [2.05, 4.69) is 10.4 Å². The van der Waals surface area contributed by atoms with Crippen molar-refractivity contribution in [3.05, 3.63) is 12.3 Å². The fourth-order valence-electron chi connectivity index (χ4n) is 2.01. The van der Waals surface area contributed by atoms with E-state index in [9.17, 15) is 4.79 Å². The van der Waals surface area contributed by atoms with E-state index in [1.807, 2.05) is 6.07 Å². The summed E-state index contributed by atoms with van der Waals surface area (Å²) in [7, 11) is 0. The molecule has 5 heteroatoms. The van der Waals surface area contributed by atoms with Crippen LogP contribution in [-0.2, 0) is 11.3 Å². The Morgan fingerprint density at radius 1 is 1.62 bits per heavy atom. The number of carbonyl (C=O) groups excluding carboxylic acids is 1. The first-order valence-electron chi connectivity index (χ1n) is 5.51. The maximum atomic E-state index is 11.8. The lowest BCUT2D eigenvalue weighted by molar-refractivity contribution is -0.119. The molecule has 1 aliphatic rings. The normalized spacial score (nSPS) is 15.9. The Hall–Kier alpha value is -1.83. The molecule has 16 heavy (non-hydrogen) atoms. The van der Waals surface area contributed by atoms with Crippen LogP contribution < -0.4 is 5.32 Å². The minimum absolute atomic E-state index is 0.0553. The van der Waals surface area contributed by atoms with Crippen molar-refractivity contribution in [3.8, 4) is 6.07 Å². The van der Waals surface area contributed by atoms with Crippen molar-refractivity contribution < 1.29 is 4.79 Å². The van der Waals surface area contributed by atoms with Gasteiger partial charge >= 0.3 is 0 Å². The van der Waals surface area contributed by atoms with Crippen LogP contribution in [0.25, 0.3) is 0 Å². The number of hydrogen-bond donors (Lipinski definition) is 1. The molecule has 0 unspecified atom stereocenters. The van der Waals surface area contributed by atoms with Gasteiger partial charge in [-0.1, -0.05) is 12.8 Å². The molecule has 5 nitrogen and oxygen atoms in total. The third-order valence-corrected chi connectivity index (χ3v) is 2.85. The Kier molecular flexibility index (Phi) is 3.20. The van der Waals surface area contributed by atoms with Gasteiger partial charge < -0.3 is 5.32 Å². The molecule has 0 saturated heterocycles. The number of anilines is 1. The second-order valence-corrected chi connectivity index (χ2v) is 4.03. The van der Waals surface area contributed by atoms with E-state index in [-0.39, 0.29) is 18.4 Å². The number of nitrogens with zero attached hydrogens (tertiary/aromatic N) is 3. The largest absolute Gasteiger partial charge is 0.309 e. The Morgan fingerprint density at radius 2 is 2.38 bits per heavy atom. The van der Waals surface area contributed by atoms with Crippen LogP contribution in [0.5, 0.6) is 0 Å². The van der Waals surface area contributed by atoms with Gasteiger partial charge in [0.1, 0.15) is 6.54 Å². The van der Waals surface area contributed by atoms with Gasteiger partial charge in [0, 0.05) is 18.2 Å². The molecule has 1 amide bonds. The van der Waals surface area contributed by atoms with Crippen LogP contribution in [0.3, 0.4) is 0 Å². The molecule has 1 aromatic rings. The van der Waals surface area contributed by atoms with Crippen LogP contribution in [0, 0.1) is 17.2 Å². The average molecular weight is 218 g/mol. The molecule has 0 radical (unpaired) electrons. The van der Waals surface area contributed by atoms with Crippen LogP contribution in [0.2, 0.25) is 0 Å². The van der Waals surface area contributed by atoms with E-state index >= 15 is 0 Å². The fraction of sp³-hybridized carbons (Fsp3) is 0.545. The molecule has 0 atom stereocenters. The molecular weight excluding hydrogens is 204 g/mol. The number of hydrogen-bond acceptors (Lipinski definition) is 3. The van der Waals surface area contributed by atoms with Crippen LogP contribution in [-0.4, -0.2) is 15.7 Å². The van der Waals surface area contributed by atoms with Crippen molar-refractivity contribution in [3.63, 3.8) is 0 Å². The Bertz CT molecular complexity index is 412.